The number of aromatic nitrogens is 3. The predicted octanol–water partition coefficient (Wildman–Crippen LogP) is 4.85. The minimum atomic E-state index is -0.288. The molecule has 1 saturated heterocycles. The van der Waals surface area contributed by atoms with Crippen LogP contribution in [0.2, 0.25) is 5.02 Å². The van der Waals surface area contributed by atoms with Crippen LogP contribution in [0.3, 0.4) is 0 Å². The van der Waals surface area contributed by atoms with Gasteiger partial charge >= 0.3 is 6.03 Å². The molecule has 0 saturated carbocycles. The van der Waals surface area contributed by atoms with Crippen molar-refractivity contribution in [1.82, 2.24) is 20.1 Å². The minimum Gasteiger partial charge on any atom is -0.370 e. The first-order chi connectivity index (χ1) is 15.0. The Morgan fingerprint density at radius 2 is 1.90 bits per heavy atom. The van der Waals surface area contributed by atoms with E-state index >= 15 is 0 Å². The molecular formula is C23H27ClN6O. The number of nitrogens with zero attached hydrogens (tertiary/aromatic N) is 4. The lowest BCUT2D eigenvalue weighted by Crippen LogP contribution is -2.30. The third kappa shape index (κ3) is 5.17. The van der Waals surface area contributed by atoms with Crippen molar-refractivity contribution in [3.05, 3.63) is 64.6 Å². The molecule has 3 heterocycles. The van der Waals surface area contributed by atoms with Crippen LogP contribution >= 0.6 is 11.6 Å². The number of amides is 2. The van der Waals surface area contributed by atoms with Gasteiger partial charge in [-0.1, -0.05) is 17.7 Å². The lowest BCUT2D eigenvalue weighted by molar-refractivity contribution is 0.251. The Kier molecular flexibility index (Phi) is 6.42. The molecule has 0 spiro atoms. The number of hydrogen-bond donors (Lipinski definition) is 2. The molecule has 0 aliphatic carbocycles. The van der Waals surface area contributed by atoms with E-state index in [9.17, 15) is 4.79 Å². The highest BCUT2D eigenvalue weighted by Gasteiger charge is 2.14. The predicted molar refractivity (Wildman–Crippen MR) is 124 cm³/mol. The number of carbonyl (C=O) groups is 1. The number of urea groups is 1. The summed E-state index contributed by atoms with van der Waals surface area (Å²) >= 11 is 6.47. The van der Waals surface area contributed by atoms with Crippen molar-refractivity contribution in [2.24, 2.45) is 0 Å². The van der Waals surface area contributed by atoms with Gasteiger partial charge in [-0.15, -0.1) is 0 Å². The van der Waals surface area contributed by atoms with Gasteiger partial charge in [0.15, 0.2) is 5.82 Å². The van der Waals surface area contributed by atoms with Crippen molar-refractivity contribution < 1.29 is 4.79 Å². The monoisotopic (exact) mass is 438 g/mol. The van der Waals surface area contributed by atoms with Crippen LogP contribution in [0.25, 0.3) is 5.82 Å². The summed E-state index contributed by atoms with van der Waals surface area (Å²) in [4.78, 5) is 19.1. The average Bonchev–Trinajstić information content (AvgIpc) is 3.11. The molecule has 3 aromatic rings. The van der Waals surface area contributed by atoms with Crippen LogP contribution in [0.4, 0.5) is 16.2 Å². The van der Waals surface area contributed by atoms with E-state index in [1.807, 2.05) is 44.2 Å². The van der Waals surface area contributed by atoms with Gasteiger partial charge in [0.05, 0.1) is 16.4 Å². The lowest BCUT2D eigenvalue weighted by Gasteiger charge is -2.29. The molecule has 31 heavy (non-hydrogen) atoms. The Hall–Kier alpha value is -3.06. The number of anilines is 2. The van der Waals surface area contributed by atoms with Crippen molar-refractivity contribution in [3.8, 4) is 5.82 Å². The molecule has 7 nitrogen and oxygen atoms in total. The minimum absolute atomic E-state index is 0.288. The number of nitrogens with one attached hydrogen (secondary N) is 2. The Morgan fingerprint density at radius 3 is 2.55 bits per heavy atom. The van der Waals surface area contributed by atoms with Gasteiger partial charge in [0, 0.05) is 37.2 Å². The quantitative estimate of drug-likeness (QED) is 0.597. The van der Waals surface area contributed by atoms with E-state index in [1.165, 1.54) is 19.3 Å². The van der Waals surface area contributed by atoms with Crippen molar-refractivity contribution in [3.63, 3.8) is 0 Å². The molecule has 2 N–H and O–H groups in total. The Bertz CT molecular complexity index is 1060. The van der Waals surface area contributed by atoms with Crippen LogP contribution in [-0.2, 0) is 6.54 Å². The summed E-state index contributed by atoms with van der Waals surface area (Å²) in [6, 6.07) is 11.2. The van der Waals surface area contributed by atoms with E-state index in [2.05, 4.69) is 25.6 Å². The molecule has 8 heteroatoms. The Balaban J connectivity index is 1.32. The first-order valence-corrected chi connectivity index (χ1v) is 11.0. The Labute approximate surface area is 187 Å². The summed E-state index contributed by atoms with van der Waals surface area (Å²) in [6.07, 6.45) is 5.40. The highest BCUT2D eigenvalue weighted by atomic mass is 35.5. The molecule has 0 atom stereocenters. The van der Waals surface area contributed by atoms with Gasteiger partial charge in [-0.3, -0.25) is 0 Å². The van der Waals surface area contributed by atoms with Gasteiger partial charge in [-0.25, -0.2) is 14.5 Å². The van der Waals surface area contributed by atoms with Gasteiger partial charge in [-0.2, -0.15) is 5.10 Å². The van der Waals surface area contributed by atoms with Crippen LogP contribution in [0, 0.1) is 13.8 Å². The number of aryl methyl sites for hydroxylation is 2. The van der Waals surface area contributed by atoms with E-state index in [-0.39, 0.29) is 6.03 Å². The second-order valence-electron chi connectivity index (χ2n) is 7.89. The molecule has 0 unspecified atom stereocenters. The lowest BCUT2D eigenvalue weighted by atomic mass is 10.1. The van der Waals surface area contributed by atoms with Gasteiger partial charge in [0.1, 0.15) is 0 Å². The standard InChI is InChI=1S/C23H27ClN6O/c1-16-12-17(2)30(28-16)22-9-6-18(14-25-22)15-26-23(31)27-19-7-8-21(20(24)13-19)29-10-4-3-5-11-29/h6-9,12-14H,3-5,10-11,15H2,1-2H3,(H2,26,27,31). The van der Waals surface area contributed by atoms with Crippen LogP contribution in [-0.4, -0.2) is 33.9 Å². The first-order valence-electron chi connectivity index (χ1n) is 10.6. The molecular weight excluding hydrogens is 412 g/mol. The number of rotatable bonds is 5. The molecule has 4 rings (SSSR count). The van der Waals surface area contributed by atoms with E-state index in [0.717, 1.165) is 41.5 Å². The van der Waals surface area contributed by atoms with Gasteiger partial charge in [0.2, 0.25) is 0 Å². The third-order valence-corrected chi connectivity index (χ3v) is 5.69. The fourth-order valence-electron chi connectivity index (χ4n) is 3.84. The van der Waals surface area contributed by atoms with Crippen LogP contribution in [0.15, 0.2) is 42.6 Å². The van der Waals surface area contributed by atoms with Crippen molar-refractivity contribution >= 4 is 29.0 Å². The summed E-state index contributed by atoms with van der Waals surface area (Å²) in [5.74, 6) is 0.752. The number of halogens is 1. The normalized spacial score (nSPS) is 13.8. The summed E-state index contributed by atoms with van der Waals surface area (Å²) in [5, 5.41) is 10.8. The van der Waals surface area contributed by atoms with Crippen LogP contribution in [0.5, 0.6) is 0 Å². The summed E-state index contributed by atoms with van der Waals surface area (Å²) in [6.45, 7) is 6.37. The number of carbonyl (C=O) groups excluding carboxylic acids is 1. The highest BCUT2D eigenvalue weighted by Crippen LogP contribution is 2.30. The number of hydrogen-bond acceptors (Lipinski definition) is 4. The third-order valence-electron chi connectivity index (χ3n) is 5.39. The van der Waals surface area contributed by atoms with Crippen molar-refractivity contribution in [2.45, 2.75) is 39.7 Å². The van der Waals surface area contributed by atoms with Crippen LogP contribution < -0.4 is 15.5 Å². The van der Waals surface area contributed by atoms with Crippen molar-refractivity contribution in [1.29, 1.82) is 0 Å². The zero-order valence-electron chi connectivity index (χ0n) is 17.9. The SMILES string of the molecule is Cc1cc(C)n(-c2ccc(CNC(=O)Nc3ccc(N4CCCCC4)c(Cl)c3)cn2)n1. The number of benzene rings is 1. The topological polar surface area (TPSA) is 75.1 Å². The van der Waals surface area contributed by atoms with Gasteiger partial charge in [0.25, 0.3) is 0 Å². The van der Waals surface area contributed by atoms with E-state index < -0.39 is 0 Å². The molecule has 1 aliphatic rings. The molecule has 162 valence electrons. The molecule has 2 aromatic heterocycles. The number of piperidine rings is 1. The highest BCUT2D eigenvalue weighted by molar-refractivity contribution is 6.33. The molecule has 1 aliphatic heterocycles. The number of pyridine rings is 1. The molecule has 2 amide bonds. The smallest absolute Gasteiger partial charge is 0.319 e. The molecule has 0 bridgehead atoms. The fraction of sp³-hybridized carbons (Fsp3) is 0.348. The Morgan fingerprint density at radius 1 is 1.10 bits per heavy atom. The second-order valence-corrected chi connectivity index (χ2v) is 8.29. The fourth-order valence-corrected chi connectivity index (χ4v) is 4.14. The van der Waals surface area contributed by atoms with E-state index in [0.29, 0.717) is 17.3 Å². The molecule has 1 fully saturated rings. The van der Waals surface area contributed by atoms with E-state index in [1.54, 1.807) is 16.9 Å². The zero-order valence-corrected chi connectivity index (χ0v) is 18.6. The average molecular weight is 439 g/mol. The summed E-state index contributed by atoms with van der Waals surface area (Å²) in [5.41, 5.74) is 4.58. The van der Waals surface area contributed by atoms with Crippen molar-refractivity contribution in [2.75, 3.05) is 23.3 Å². The summed E-state index contributed by atoms with van der Waals surface area (Å²) in [7, 11) is 0. The van der Waals surface area contributed by atoms with Gasteiger partial charge in [-0.05, 0) is 69.0 Å². The zero-order chi connectivity index (χ0) is 21.8. The second kappa shape index (κ2) is 9.39. The maximum absolute atomic E-state index is 12.3. The van der Waals surface area contributed by atoms with Crippen LogP contribution in [0.1, 0.15) is 36.2 Å². The maximum atomic E-state index is 12.3. The largest absolute Gasteiger partial charge is 0.370 e. The summed E-state index contributed by atoms with van der Waals surface area (Å²) < 4.78 is 1.80. The first kappa shape index (κ1) is 21.2. The van der Waals surface area contributed by atoms with Gasteiger partial charge < -0.3 is 15.5 Å². The molecule has 0 radical (unpaired) electrons. The maximum Gasteiger partial charge on any atom is 0.319 e. The van der Waals surface area contributed by atoms with E-state index in [4.69, 9.17) is 11.6 Å². The molecule has 1 aromatic carbocycles.